The molecular weight excluding hydrogens is 212 g/mol. The number of unbranched alkanes of at least 4 members (excludes halogenated alkanes) is 1. The van der Waals surface area contributed by atoms with Gasteiger partial charge in [0.05, 0.1) is 6.61 Å². The molecule has 0 aliphatic carbocycles. The maximum Gasteiger partial charge on any atom is 0.0593 e. The number of hydrogen-bond donors (Lipinski definition) is 1. The molecule has 0 spiro atoms. The Kier molecular flexibility index (Phi) is 5.26. The summed E-state index contributed by atoms with van der Waals surface area (Å²) < 4.78 is 5.69. The summed E-state index contributed by atoms with van der Waals surface area (Å²) in [5.74, 6) is 1.80. The summed E-state index contributed by atoms with van der Waals surface area (Å²) in [5.41, 5.74) is 0. The van der Waals surface area contributed by atoms with Gasteiger partial charge in [-0.3, -0.25) is 4.90 Å². The van der Waals surface area contributed by atoms with Crippen LogP contribution in [0.1, 0.15) is 33.1 Å². The van der Waals surface area contributed by atoms with Gasteiger partial charge < -0.3 is 10.1 Å². The highest BCUT2D eigenvalue weighted by atomic mass is 16.5. The van der Waals surface area contributed by atoms with E-state index in [0.717, 1.165) is 37.6 Å². The van der Waals surface area contributed by atoms with E-state index in [1.54, 1.807) is 0 Å². The van der Waals surface area contributed by atoms with Crippen molar-refractivity contribution in [1.29, 1.82) is 0 Å². The van der Waals surface area contributed by atoms with Crippen LogP contribution in [0.15, 0.2) is 0 Å². The first kappa shape index (κ1) is 13.3. The van der Waals surface area contributed by atoms with E-state index < -0.39 is 0 Å². The van der Waals surface area contributed by atoms with Crippen molar-refractivity contribution >= 4 is 0 Å². The van der Waals surface area contributed by atoms with Crippen LogP contribution in [0.3, 0.4) is 0 Å². The van der Waals surface area contributed by atoms with E-state index in [1.165, 1.54) is 38.9 Å². The Labute approximate surface area is 106 Å². The Morgan fingerprint density at radius 3 is 2.88 bits per heavy atom. The van der Waals surface area contributed by atoms with Crippen molar-refractivity contribution < 1.29 is 4.74 Å². The summed E-state index contributed by atoms with van der Waals surface area (Å²) >= 11 is 0. The van der Waals surface area contributed by atoms with Crippen molar-refractivity contribution in [1.82, 2.24) is 10.2 Å². The molecule has 2 aliphatic rings. The second-order valence-electron chi connectivity index (χ2n) is 5.52. The zero-order chi connectivity index (χ0) is 12.1. The smallest absolute Gasteiger partial charge is 0.0593 e. The predicted molar refractivity (Wildman–Crippen MR) is 71.2 cm³/mol. The van der Waals surface area contributed by atoms with Crippen LogP contribution >= 0.6 is 0 Å². The predicted octanol–water partition coefficient (Wildman–Crippen LogP) is 1.73. The van der Waals surface area contributed by atoms with Gasteiger partial charge in [-0.1, -0.05) is 20.3 Å². The molecular formula is C14H28N2O. The Bertz CT molecular complexity index is 222. The average Bonchev–Trinajstić information content (AvgIpc) is 2.88. The Morgan fingerprint density at radius 1 is 1.24 bits per heavy atom. The molecule has 17 heavy (non-hydrogen) atoms. The first-order chi connectivity index (χ1) is 8.36. The van der Waals surface area contributed by atoms with Gasteiger partial charge in [-0.2, -0.15) is 0 Å². The monoisotopic (exact) mass is 240 g/mol. The van der Waals surface area contributed by atoms with Crippen molar-refractivity contribution in [3.05, 3.63) is 0 Å². The first-order valence-corrected chi connectivity index (χ1v) is 7.39. The fraction of sp³-hybridized carbons (Fsp3) is 1.00. The minimum Gasteiger partial charge on any atom is -0.380 e. The molecule has 2 heterocycles. The van der Waals surface area contributed by atoms with Crippen LogP contribution in [0.25, 0.3) is 0 Å². The van der Waals surface area contributed by atoms with Crippen LogP contribution in [0.4, 0.5) is 0 Å². The van der Waals surface area contributed by atoms with Gasteiger partial charge in [0.15, 0.2) is 0 Å². The van der Waals surface area contributed by atoms with Gasteiger partial charge in [-0.05, 0) is 37.8 Å². The van der Waals surface area contributed by atoms with E-state index in [0.29, 0.717) is 0 Å². The zero-order valence-corrected chi connectivity index (χ0v) is 11.5. The van der Waals surface area contributed by atoms with Crippen molar-refractivity contribution in [3.63, 3.8) is 0 Å². The van der Waals surface area contributed by atoms with Gasteiger partial charge in [0.25, 0.3) is 0 Å². The highest BCUT2D eigenvalue weighted by Gasteiger charge is 2.42. The molecule has 2 rings (SSSR count). The lowest BCUT2D eigenvalue weighted by Crippen LogP contribution is -2.37. The first-order valence-electron chi connectivity index (χ1n) is 7.39. The van der Waals surface area contributed by atoms with Crippen LogP contribution in [0.5, 0.6) is 0 Å². The number of fused-ring (bicyclic) bond motifs is 1. The van der Waals surface area contributed by atoms with E-state index in [1.807, 2.05) is 0 Å². The Balaban J connectivity index is 1.69. The molecule has 0 aromatic heterocycles. The molecule has 3 atom stereocenters. The van der Waals surface area contributed by atoms with Gasteiger partial charge in [0.2, 0.25) is 0 Å². The summed E-state index contributed by atoms with van der Waals surface area (Å²) in [7, 11) is 0. The molecule has 0 bridgehead atoms. The van der Waals surface area contributed by atoms with Gasteiger partial charge in [0, 0.05) is 25.7 Å². The average molecular weight is 240 g/mol. The second-order valence-corrected chi connectivity index (χ2v) is 5.52. The fourth-order valence-electron chi connectivity index (χ4n) is 3.46. The number of likely N-dealkylation sites (tertiary alicyclic amines) is 1. The topological polar surface area (TPSA) is 24.5 Å². The van der Waals surface area contributed by atoms with Crippen molar-refractivity contribution in [2.75, 3.05) is 39.4 Å². The molecule has 3 heteroatoms. The van der Waals surface area contributed by atoms with Crippen LogP contribution in [0.2, 0.25) is 0 Å². The third-order valence-electron chi connectivity index (χ3n) is 4.41. The molecule has 2 aliphatic heterocycles. The summed E-state index contributed by atoms with van der Waals surface area (Å²) in [6.07, 6.45) is 3.72. The quantitative estimate of drug-likeness (QED) is 0.686. The lowest BCUT2D eigenvalue weighted by atomic mass is 9.93. The van der Waals surface area contributed by atoms with Gasteiger partial charge >= 0.3 is 0 Å². The second kappa shape index (κ2) is 6.72. The number of nitrogens with one attached hydrogen (secondary N) is 1. The molecule has 1 N–H and O–H groups in total. The summed E-state index contributed by atoms with van der Waals surface area (Å²) in [6, 6.07) is 0.796. The van der Waals surface area contributed by atoms with E-state index in [2.05, 4.69) is 24.1 Å². The largest absolute Gasteiger partial charge is 0.380 e. The number of ether oxygens (including phenoxy) is 1. The summed E-state index contributed by atoms with van der Waals surface area (Å²) in [4.78, 5) is 2.67. The van der Waals surface area contributed by atoms with Crippen LogP contribution < -0.4 is 5.32 Å². The molecule has 0 aromatic carbocycles. The van der Waals surface area contributed by atoms with E-state index >= 15 is 0 Å². The van der Waals surface area contributed by atoms with Crippen molar-refractivity contribution in [2.24, 2.45) is 11.8 Å². The molecule has 0 saturated carbocycles. The Hall–Kier alpha value is -0.120. The number of nitrogens with zero attached hydrogens (tertiary/aromatic N) is 1. The minimum atomic E-state index is 0.796. The molecule has 0 radical (unpaired) electrons. The third-order valence-corrected chi connectivity index (χ3v) is 4.41. The normalized spacial score (nSPS) is 33.2. The molecule has 0 amide bonds. The molecule has 3 nitrogen and oxygen atoms in total. The van der Waals surface area contributed by atoms with Gasteiger partial charge in [-0.15, -0.1) is 0 Å². The number of hydrogen-bond acceptors (Lipinski definition) is 3. The fourth-order valence-corrected chi connectivity index (χ4v) is 3.46. The molecule has 2 fully saturated rings. The van der Waals surface area contributed by atoms with Crippen LogP contribution in [-0.4, -0.2) is 50.3 Å². The summed E-state index contributed by atoms with van der Waals surface area (Å²) in [6.45, 7) is 11.3. The lowest BCUT2D eigenvalue weighted by Gasteiger charge is -2.26. The molecule has 0 aromatic rings. The van der Waals surface area contributed by atoms with Crippen LogP contribution in [0, 0.1) is 11.8 Å². The molecule has 3 unspecified atom stereocenters. The van der Waals surface area contributed by atoms with E-state index in [-0.39, 0.29) is 0 Å². The molecule has 2 saturated heterocycles. The third kappa shape index (κ3) is 3.21. The van der Waals surface area contributed by atoms with E-state index in [9.17, 15) is 0 Å². The number of rotatable bonds is 7. The minimum absolute atomic E-state index is 0.796. The van der Waals surface area contributed by atoms with Crippen molar-refractivity contribution in [3.8, 4) is 0 Å². The standard InChI is InChI=1S/C14H28N2O/c1-3-5-7-17-8-6-16-11-12-9-15-10-13(12)14(16)4-2/h12-15H,3-11H2,1-2H3. The zero-order valence-electron chi connectivity index (χ0n) is 11.5. The highest BCUT2D eigenvalue weighted by molar-refractivity contribution is 4.97. The highest BCUT2D eigenvalue weighted by Crippen LogP contribution is 2.33. The van der Waals surface area contributed by atoms with Gasteiger partial charge in [-0.25, -0.2) is 0 Å². The van der Waals surface area contributed by atoms with Crippen LogP contribution in [-0.2, 0) is 4.74 Å². The van der Waals surface area contributed by atoms with Gasteiger partial charge in [0.1, 0.15) is 0 Å². The lowest BCUT2D eigenvalue weighted by molar-refractivity contribution is 0.0920. The Morgan fingerprint density at radius 2 is 2.12 bits per heavy atom. The van der Waals surface area contributed by atoms with Crippen molar-refractivity contribution in [2.45, 2.75) is 39.2 Å². The maximum absolute atomic E-state index is 5.69. The SMILES string of the molecule is CCCCOCCN1CC2CNCC2C1CC. The molecule has 100 valence electrons. The van der Waals surface area contributed by atoms with E-state index in [4.69, 9.17) is 4.74 Å². The maximum atomic E-state index is 5.69. The summed E-state index contributed by atoms with van der Waals surface area (Å²) in [5, 5.41) is 3.54.